The molecule has 1 aliphatic heterocycles. The summed E-state index contributed by atoms with van der Waals surface area (Å²) in [4.78, 5) is 2.75. The van der Waals surface area contributed by atoms with Gasteiger partial charge in [0, 0.05) is 9.79 Å². The van der Waals surface area contributed by atoms with E-state index in [-0.39, 0.29) is 0 Å². The van der Waals surface area contributed by atoms with Crippen molar-refractivity contribution in [1.82, 2.24) is 0 Å². The number of rotatable bonds is 3. The van der Waals surface area contributed by atoms with Gasteiger partial charge < -0.3 is 0 Å². The standard InChI is InChI=1S/C24H22S/c1-16(2)18-8-10-19(11-9-18)17(3)20-12-13-24-22(14-20)15-21-6-4-5-7-23(21)25-24/h4-14,16H,3,15H2,1-2H3. The van der Waals surface area contributed by atoms with Gasteiger partial charge in [0.15, 0.2) is 0 Å². The largest absolute Gasteiger partial charge is 0.0906 e. The summed E-state index contributed by atoms with van der Waals surface area (Å²) >= 11 is 1.87. The summed E-state index contributed by atoms with van der Waals surface area (Å²) < 4.78 is 0. The van der Waals surface area contributed by atoms with Crippen LogP contribution in [0, 0.1) is 0 Å². The molecule has 0 aliphatic carbocycles. The summed E-state index contributed by atoms with van der Waals surface area (Å²) in [6.07, 6.45) is 1.01. The van der Waals surface area contributed by atoms with Crippen molar-refractivity contribution in [2.24, 2.45) is 0 Å². The van der Waals surface area contributed by atoms with Crippen molar-refractivity contribution < 1.29 is 0 Å². The highest BCUT2D eigenvalue weighted by Crippen LogP contribution is 2.40. The topological polar surface area (TPSA) is 0 Å². The Balaban J connectivity index is 1.63. The predicted molar refractivity (Wildman–Crippen MR) is 108 cm³/mol. The van der Waals surface area contributed by atoms with Gasteiger partial charge in [0.2, 0.25) is 0 Å². The van der Waals surface area contributed by atoms with Crippen molar-refractivity contribution in [3.05, 3.63) is 101 Å². The highest BCUT2D eigenvalue weighted by Gasteiger charge is 2.16. The lowest BCUT2D eigenvalue weighted by Gasteiger charge is -2.20. The third-order valence-electron chi connectivity index (χ3n) is 4.91. The fourth-order valence-corrected chi connectivity index (χ4v) is 4.37. The maximum absolute atomic E-state index is 4.36. The zero-order valence-electron chi connectivity index (χ0n) is 14.8. The summed E-state index contributed by atoms with van der Waals surface area (Å²) in [6, 6.07) is 24.3. The van der Waals surface area contributed by atoms with Gasteiger partial charge in [-0.3, -0.25) is 0 Å². The van der Waals surface area contributed by atoms with E-state index in [0.29, 0.717) is 5.92 Å². The molecule has 3 aromatic carbocycles. The highest BCUT2D eigenvalue weighted by atomic mass is 32.2. The van der Waals surface area contributed by atoms with Crippen LogP contribution < -0.4 is 0 Å². The molecule has 0 unspecified atom stereocenters. The van der Waals surface area contributed by atoms with Crippen LogP contribution in [0.1, 0.15) is 47.6 Å². The van der Waals surface area contributed by atoms with Crippen LogP contribution in [0.25, 0.3) is 5.57 Å². The second-order valence-electron chi connectivity index (χ2n) is 6.96. The molecule has 1 heteroatoms. The highest BCUT2D eigenvalue weighted by molar-refractivity contribution is 7.99. The third-order valence-corrected chi connectivity index (χ3v) is 6.14. The average Bonchev–Trinajstić information content (AvgIpc) is 2.65. The van der Waals surface area contributed by atoms with Crippen LogP contribution in [0.2, 0.25) is 0 Å². The van der Waals surface area contributed by atoms with Gasteiger partial charge in [0.25, 0.3) is 0 Å². The molecule has 0 saturated carbocycles. The molecule has 0 bridgehead atoms. The minimum Gasteiger partial charge on any atom is -0.0906 e. The Kier molecular flexibility index (Phi) is 4.27. The van der Waals surface area contributed by atoms with Crippen LogP contribution in [0.5, 0.6) is 0 Å². The van der Waals surface area contributed by atoms with E-state index in [2.05, 4.69) is 87.2 Å². The zero-order valence-corrected chi connectivity index (χ0v) is 15.6. The van der Waals surface area contributed by atoms with Crippen molar-refractivity contribution in [1.29, 1.82) is 0 Å². The van der Waals surface area contributed by atoms with E-state index in [4.69, 9.17) is 0 Å². The van der Waals surface area contributed by atoms with E-state index in [0.717, 1.165) is 12.0 Å². The van der Waals surface area contributed by atoms with E-state index in [9.17, 15) is 0 Å². The summed E-state index contributed by atoms with van der Waals surface area (Å²) in [5.74, 6) is 0.558. The maximum atomic E-state index is 4.36. The van der Waals surface area contributed by atoms with Crippen LogP contribution in [0.15, 0.2) is 83.1 Å². The first-order valence-electron chi connectivity index (χ1n) is 8.80. The summed E-state index contributed by atoms with van der Waals surface area (Å²) in [6.45, 7) is 8.81. The van der Waals surface area contributed by atoms with E-state index in [1.54, 1.807) is 0 Å². The quantitative estimate of drug-likeness (QED) is 0.389. The van der Waals surface area contributed by atoms with E-state index in [1.165, 1.54) is 37.6 Å². The van der Waals surface area contributed by atoms with Crippen LogP contribution in [0.3, 0.4) is 0 Å². The van der Waals surface area contributed by atoms with Gasteiger partial charge >= 0.3 is 0 Å². The normalized spacial score (nSPS) is 12.6. The number of hydrogen-bond acceptors (Lipinski definition) is 1. The Hall–Kier alpha value is -2.25. The van der Waals surface area contributed by atoms with E-state index < -0.39 is 0 Å². The lowest BCUT2D eigenvalue weighted by atomic mass is 9.94. The van der Waals surface area contributed by atoms with Crippen molar-refractivity contribution in [3.63, 3.8) is 0 Å². The molecular weight excluding hydrogens is 320 g/mol. The average molecular weight is 343 g/mol. The van der Waals surface area contributed by atoms with E-state index in [1.807, 2.05) is 11.8 Å². The van der Waals surface area contributed by atoms with Crippen LogP contribution in [-0.4, -0.2) is 0 Å². The molecule has 4 rings (SSSR count). The molecule has 0 nitrogen and oxygen atoms in total. The van der Waals surface area contributed by atoms with Gasteiger partial charge in [0.05, 0.1) is 0 Å². The molecule has 0 radical (unpaired) electrons. The molecule has 0 fully saturated rings. The number of fused-ring (bicyclic) bond motifs is 2. The Bertz CT molecular complexity index is 933. The first-order chi connectivity index (χ1) is 12.1. The second kappa shape index (κ2) is 6.57. The molecule has 1 heterocycles. The van der Waals surface area contributed by atoms with Crippen molar-refractivity contribution in [2.45, 2.75) is 36.0 Å². The van der Waals surface area contributed by atoms with Crippen LogP contribution in [-0.2, 0) is 6.42 Å². The Morgan fingerprint density at radius 2 is 1.52 bits per heavy atom. The molecule has 25 heavy (non-hydrogen) atoms. The zero-order chi connectivity index (χ0) is 17.4. The molecule has 0 atom stereocenters. The van der Waals surface area contributed by atoms with Gasteiger partial charge in [-0.25, -0.2) is 0 Å². The predicted octanol–water partition coefficient (Wildman–Crippen LogP) is 6.93. The fraction of sp³-hybridized carbons (Fsp3) is 0.167. The lowest BCUT2D eigenvalue weighted by molar-refractivity contribution is 0.866. The van der Waals surface area contributed by atoms with Crippen LogP contribution >= 0.6 is 11.8 Å². The minimum absolute atomic E-state index is 0.558. The fourth-order valence-electron chi connectivity index (χ4n) is 3.31. The van der Waals surface area contributed by atoms with Crippen molar-refractivity contribution in [2.75, 3.05) is 0 Å². The first-order valence-corrected chi connectivity index (χ1v) is 9.62. The molecule has 0 saturated heterocycles. The first kappa shape index (κ1) is 16.2. The molecule has 0 N–H and O–H groups in total. The van der Waals surface area contributed by atoms with Crippen LogP contribution in [0.4, 0.5) is 0 Å². The monoisotopic (exact) mass is 342 g/mol. The smallest absolute Gasteiger partial charge is 0.0158 e. The Morgan fingerprint density at radius 1 is 0.840 bits per heavy atom. The summed E-state index contributed by atoms with van der Waals surface area (Å²) in [7, 11) is 0. The van der Waals surface area contributed by atoms with Gasteiger partial charge in [-0.15, -0.1) is 0 Å². The second-order valence-corrected chi connectivity index (χ2v) is 8.05. The van der Waals surface area contributed by atoms with Gasteiger partial charge in [-0.05, 0) is 63.9 Å². The molecular formula is C24H22S. The molecule has 1 aliphatic rings. The summed E-state index contributed by atoms with van der Waals surface area (Å²) in [5.41, 5.74) is 7.71. The third kappa shape index (κ3) is 3.17. The Morgan fingerprint density at radius 3 is 2.28 bits per heavy atom. The maximum Gasteiger partial charge on any atom is 0.0158 e. The SMILES string of the molecule is C=C(c1ccc(C(C)C)cc1)c1ccc2c(c1)Cc1ccccc1S2. The van der Waals surface area contributed by atoms with Crippen molar-refractivity contribution >= 4 is 17.3 Å². The molecule has 3 aromatic rings. The molecule has 0 aromatic heterocycles. The van der Waals surface area contributed by atoms with Gasteiger partial charge in [-0.1, -0.05) is 80.7 Å². The minimum atomic E-state index is 0.558. The van der Waals surface area contributed by atoms with E-state index >= 15 is 0 Å². The molecule has 0 amide bonds. The molecule has 124 valence electrons. The van der Waals surface area contributed by atoms with Gasteiger partial charge in [0.1, 0.15) is 0 Å². The number of benzene rings is 3. The Labute approximate surface area is 154 Å². The summed E-state index contributed by atoms with van der Waals surface area (Å²) in [5, 5.41) is 0. The molecule has 0 spiro atoms. The van der Waals surface area contributed by atoms with Crippen molar-refractivity contribution in [3.8, 4) is 0 Å². The lowest BCUT2D eigenvalue weighted by Crippen LogP contribution is -2.00. The van der Waals surface area contributed by atoms with Gasteiger partial charge in [-0.2, -0.15) is 0 Å². The number of hydrogen-bond donors (Lipinski definition) is 0.